The highest BCUT2D eigenvalue weighted by molar-refractivity contribution is 5.93. The summed E-state index contributed by atoms with van der Waals surface area (Å²) in [5, 5.41) is 8.61. The maximum atomic E-state index is 13.0. The van der Waals surface area contributed by atoms with Gasteiger partial charge in [-0.1, -0.05) is 77.6 Å². The molecule has 0 radical (unpaired) electrons. The van der Waals surface area contributed by atoms with Gasteiger partial charge in [-0.3, -0.25) is 19.2 Å². The molecule has 50 heavy (non-hydrogen) atoms. The van der Waals surface area contributed by atoms with Crippen molar-refractivity contribution in [2.75, 3.05) is 40.1 Å². The van der Waals surface area contributed by atoms with E-state index in [0.29, 0.717) is 50.1 Å². The standard InChI is InChI=1S/C38H60O12/c1-3-4-5-14-29-50-38(44)32-30-31(46-25-15-10-6-8-12-18-28-49-37(43)24-23-35(41)45-2)19-20-33(32)47-26-16-11-7-9-13-17-27-48-36(42)22-21-34(39)40/h19-20,30H,3-18,21-29H2,1-2H3,(H,39,40). The van der Waals surface area contributed by atoms with Crippen LogP contribution in [0.15, 0.2) is 18.2 Å². The van der Waals surface area contributed by atoms with Gasteiger partial charge >= 0.3 is 29.8 Å². The van der Waals surface area contributed by atoms with E-state index in [9.17, 15) is 24.0 Å². The summed E-state index contributed by atoms with van der Waals surface area (Å²) >= 11 is 0. The lowest BCUT2D eigenvalue weighted by molar-refractivity contribution is -0.149. The number of ether oxygens (including phenoxy) is 6. The Bertz CT molecular complexity index is 1100. The summed E-state index contributed by atoms with van der Waals surface area (Å²) in [6.45, 7) is 4.16. The summed E-state index contributed by atoms with van der Waals surface area (Å²) in [4.78, 5) is 57.6. The number of unbranched alkanes of at least 4 members (excludes halogenated alkanes) is 13. The maximum Gasteiger partial charge on any atom is 0.342 e. The first-order valence-electron chi connectivity index (χ1n) is 18.4. The van der Waals surface area contributed by atoms with Crippen molar-refractivity contribution in [1.82, 2.24) is 0 Å². The van der Waals surface area contributed by atoms with Crippen molar-refractivity contribution >= 4 is 29.8 Å². The van der Waals surface area contributed by atoms with E-state index in [1.54, 1.807) is 12.1 Å². The molecule has 0 fully saturated rings. The second kappa shape index (κ2) is 30.0. The average Bonchev–Trinajstić information content (AvgIpc) is 3.11. The molecule has 1 N–H and O–H groups in total. The van der Waals surface area contributed by atoms with Gasteiger partial charge in [-0.25, -0.2) is 4.79 Å². The Morgan fingerprint density at radius 2 is 1.00 bits per heavy atom. The molecule has 0 heterocycles. The number of carboxylic acid groups (broad SMARTS) is 1. The van der Waals surface area contributed by atoms with Crippen molar-refractivity contribution in [1.29, 1.82) is 0 Å². The van der Waals surface area contributed by atoms with Crippen LogP contribution < -0.4 is 9.47 Å². The molecule has 12 nitrogen and oxygen atoms in total. The van der Waals surface area contributed by atoms with Crippen molar-refractivity contribution in [2.24, 2.45) is 0 Å². The predicted molar refractivity (Wildman–Crippen MR) is 187 cm³/mol. The van der Waals surface area contributed by atoms with Crippen LogP contribution in [0, 0.1) is 0 Å². The monoisotopic (exact) mass is 708 g/mol. The molecule has 12 heteroatoms. The Labute approximate surface area is 297 Å². The van der Waals surface area contributed by atoms with Gasteiger partial charge in [-0.15, -0.1) is 0 Å². The summed E-state index contributed by atoms with van der Waals surface area (Å²) in [6, 6.07) is 5.28. The van der Waals surface area contributed by atoms with E-state index in [0.717, 1.165) is 103 Å². The van der Waals surface area contributed by atoms with Crippen molar-refractivity contribution in [3.63, 3.8) is 0 Å². The summed E-state index contributed by atoms with van der Waals surface area (Å²) in [5.74, 6) is -1.63. The van der Waals surface area contributed by atoms with Gasteiger partial charge < -0.3 is 33.5 Å². The molecular weight excluding hydrogens is 648 g/mol. The van der Waals surface area contributed by atoms with E-state index < -0.39 is 23.9 Å². The number of hydrogen-bond donors (Lipinski definition) is 1. The Kier molecular flexibility index (Phi) is 26.5. The van der Waals surface area contributed by atoms with E-state index >= 15 is 0 Å². The normalized spacial score (nSPS) is 10.7. The van der Waals surface area contributed by atoms with Crippen LogP contribution in [0.5, 0.6) is 11.5 Å². The molecule has 0 aromatic heterocycles. The van der Waals surface area contributed by atoms with Crippen LogP contribution in [0.25, 0.3) is 0 Å². The van der Waals surface area contributed by atoms with Crippen LogP contribution in [0.3, 0.4) is 0 Å². The minimum Gasteiger partial charge on any atom is -0.494 e. The number of carbonyl (C=O) groups is 5. The zero-order chi connectivity index (χ0) is 36.7. The van der Waals surface area contributed by atoms with Gasteiger partial charge in [0.1, 0.15) is 17.1 Å². The molecule has 0 aliphatic carbocycles. The summed E-state index contributed by atoms with van der Waals surface area (Å²) < 4.78 is 32.2. The molecule has 0 aliphatic rings. The number of methoxy groups -OCH3 is 1. The molecular formula is C38H60O12. The third kappa shape index (κ3) is 24.3. The number of carbonyl (C=O) groups excluding carboxylic acids is 4. The lowest BCUT2D eigenvalue weighted by atomic mass is 10.1. The third-order valence-electron chi connectivity index (χ3n) is 7.84. The Morgan fingerprint density at radius 3 is 1.54 bits per heavy atom. The fraction of sp³-hybridized carbons (Fsp3) is 0.711. The van der Waals surface area contributed by atoms with Crippen LogP contribution in [-0.4, -0.2) is 75.1 Å². The minimum absolute atomic E-state index is 0.0360. The SMILES string of the molecule is CCCCCCOC(=O)c1cc(OCCCCCCCCOC(=O)CCC(=O)OC)ccc1OCCCCCCCCOC(=O)CCC(=O)O. The van der Waals surface area contributed by atoms with Gasteiger partial charge in [0.15, 0.2) is 0 Å². The second-order valence-corrected chi connectivity index (χ2v) is 12.2. The molecule has 0 atom stereocenters. The van der Waals surface area contributed by atoms with Crippen LogP contribution >= 0.6 is 0 Å². The Morgan fingerprint density at radius 1 is 0.540 bits per heavy atom. The Hall–Kier alpha value is -3.83. The number of benzene rings is 1. The molecule has 1 aromatic carbocycles. The lowest BCUT2D eigenvalue weighted by Crippen LogP contribution is -2.10. The predicted octanol–water partition coefficient (Wildman–Crippen LogP) is 7.77. The molecule has 0 aliphatic heterocycles. The van der Waals surface area contributed by atoms with Crippen LogP contribution in [0.4, 0.5) is 0 Å². The van der Waals surface area contributed by atoms with Crippen molar-refractivity contribution < 1.29 is 57.5 Å². The molecule has 0 unspecified atom stereocenters. The maximum absolute atomic E-state index is 13.0. The molecule has 0 amide bonds. The molecule has 0 saturated heterocycles. The fourth-order valence-corrected chi connectivity index (χ4v) is 4.88. The Balaban J connectivity index is 2.35. The van der Waals surface area contributed by atoms with E-state index in [4.69, 9.17) is 28.8 Å². The number of hydrogen-bond acceptors (Lipinski definition) is 11. The molecule has 0 bridgehead atoms. The summed E-state index contributed by atoms with van der Waals surface area (Å²) in [6.07, 6.45) is 14.9. The zero-order valence-corrected chi connectivity index (χ0v) is 30.3. The second-order valence-electron chi connectivity index (χ2n) is 12.2. The highest BCUT2D eigenvalue weighted by Gasteiger charge is 2.16. The molecule has 1 aromatic rings. The van der Waals surface area contributed by atoms with E-state index in [-0.39, 0.29) is 31.7 Å². The average molecular weight is 709 g/mol. The van der Waals surface area contributed by atoms with Gasteiger partial charge in [0.2, 0.25) is 0 Å². The van der Waals surface area contributed by atoms with Gasteiger partial charge in [-0.2, -0.15) is 0 Å². The van der Waals surface area contributed by atoms with Crippen molar-refractivity contribution in [3.8, 4) is 11.5 Å². The number of rotatable bonds is 32. The molecule has 0 spiro atoms. The number of esters is 4. The zero-order valence-electron chi connectivity index (χ0n) is 30.3. The van der Waals surface area contributed by atoms with Crippen LogP contribution in [0.1, 0.15) is 146 Å². The summed E-state index contributed by atoms with van der Waals surface area (Å²) in [5.41, 5.74) is 0.363. The van der Waals surface area contributed by atoms with Crippen LogP contribution in [0.2, 0.25) is 0 Å². The largest absolute Gasteiger partial charge is 0.494 e. The number of aliphatic carboxylic acids is 1. The highest BCUT2D eigenvalue weighted by Crippen LogP contribution is 2.26. The smallest absolute Gasteiger partial charge is 0.342 e. The van der Waals surface area contributed by atoms with Crippen molar-refractivity contribution in [3.05, 3.63) is 23.8 Å². The van der Waals surface area contributed by atoms with E-state index in [2.05, 4.69) is 11.7 Å². The fourth-order valence-electron chi connectivity index (χ4n) is 4.88. The quantitative estimate of drug-likeness (QED) is 0.0441. The van der Waals surface area contributed by atoms with Crippen molar-refractivity contribution in [2.45, 2.75) is 135 Å². The first-order valence-corrected chi connectivity index (χ1v) is 18.4. The molecule has 0 saturated carbocycles. The van der Waals surface area contributed by atoms with E-state index in [1.165, 1.54) is 7.11 Å². The van der Waals surface area contributed by atoms with Crippen LogP contribution in [-0.2, 0) is 38.1 Å². The molecule has 284 valence electrons. The lowest BCUT2D eigenvalue weighted by Gasteiger charge is -2.14. The highest BCUT2D eigenvalue weighted by atomic mass is 16.5. The summed E-state index contributed by atoms with van der Waals surface area (Å²) in [7, 11) is 1.29. The van der Waals surface area contributed by atoms with E-state index in [1.807, 2.05) is 6.07 Å². The van der Waals surface area contributed by atoms with Gasteiger partial charge in [0, 0.05) is 0 Å². The molecule has 1 rings (SSSR count). The number of carboxylic acids is 1. The van der Waals surface area contributed by atoms with Gasteiger partial charge in [-0.05, 0) is 50.3 Å². The first kappa shape index (κ1) is 44.2. The third-order valence-corrected chi connectivity index (χ3v) is 7.84. The van der Waals surface area contributed by atoms with Gasteiger partial charge in [0.25, 0.3) is 0 Å². The van der Waals surface area contributed by atoms with Gasteiger partial charge in [0.05, 0.1) is 65.8 Å². The topological polar surface area (TPSA) is 161 Å². The minimum atomic E-state index is -1.01. The first-order chi connectivity index (χ1) is 24.3.